The number of hydrogen-bond donors (Lipinski definition) is 2. The summed E-state index contributed by atoms with van der Waals surface area (Å²) in [6.07, 6.45) is 0. The van der Waals surface area contributed by atoms with Crippen LogP contribution in [0.15, 0.2) is 42.5 Å². The number of halogens is 1. The van der Waals surface area contributed by atoms with Gasteiger partial charge in [0.2, 0.25) is 0 Å². The second-order valence-corrected chi connectivity index (χ2v) is 5.38. The van der Waals surface area contributed by atoms with Gasteiger partial charge in [-0.3, -0.25) is 4.79 Å². The number of para-hydroxylation sites is 1. The van der Waals surface area contributed by atoms with Crippen LogP contribution < -0.4 is 10.1 Å². The number of fused-ring (bicyclic) bond motifs is 1. The van der Waals surface area contributed by atoms with Crippen LogP contribution in [0.1, 0.15) is 16.1 Å². The minimum Gasteiger partial charge on any atom is -0.497 e. The number of carbonyl (C=O) groups excluding carboxylic acids is 1. The predicted octanol–water partition coefficient (Wildman–Crippen LogP) is 4.39. The first-order valence-electron chi connectivity index (χ1n) is 6.82. The lowest BCUT2D eigenvalue weighted by Crippen LogP contribution is -2.13. The van der Waals surface area contributed by atoms with Gasteiger partial charge in [0.15, 0.2) is 0 Å². The third-order valence-corrected chi connectivity index (χ3v) is 3.94. The van der Waals surface area contributed by atoms with Gasteiger partial charge in [0.1, 0.15) is 11.4 Å². The molecule has 22 heavy (non-hydrogen) atoms. The number of H-pyrrole nitrogens is 1. The molecular weight excluding hydrogens is 300 g/mol. The third-order valence-electron chi connectivity index (χ3n) is 3.61. The third kappa shape index (κ3) is 2.53. The predicted molar refractivity (Wildman–Crippen MR) is 89.0 cm³/mol. The molecule has 1 aromatic heterocycles. The molecule has 0 spiro atoms. The maximum absolute atomic E-state index is 12.5. The lowest BCUT2D eigenvalue weighted by Gasteiger charge is -2.06. The summed E-state index contributed by atoms with van der Waals surface area (Å²) < 4.78 is 5.23. The summed E-state index contributed by atoms with van der Waals surface area (Å²) in [7, 11) is 1.62. The number of anilines is 1. The van der Waals surface area contributed by atoms with Crippen molar-refractivity contribution in [1.29, 1.82) is 0 Å². The largest absolute Gasteiger partial charge is 0.497 e. The van der Waals surface area contributed by atoms with E-state index in [9.17, 15) is 4.79 Å². The van der Waals surface area contributed by atoms with Crippen LogP contribution in [-0.4, -0.2) is 18.0 Å². The molecule has 1 amide bonds. The number of aryl methyl sites for hydroxylation is 1. The number of nitrogens with one attached hydrogen (secondary N) is 2. The molecule has 112 valence electrons. The van der Waals surface area contributed by atoms with Crippen LogP contribution in [-0.2, 0) is 0 Å². The highest BCUT2D eigenvalue weighted by Crippen LogP contribution is 2.27. The van der Waals surface area contributed by atoms with E-state index in [2.05, 4.69) is 10.3 Å². The van der Waals surface area contributed by atoms with Crippen molar-refractivity contribution in [2.24, 2.45) is 0 Å². The highest BCUT2D eigenvalue weighted by Gasteiger charge is 2.16. The number of rotatable bonds is 3. The molecule has 0 aliphatic heterocycles. The molecule has 0 saturated carbocycles. The number of methoxy groups -OCH3 is 1. The van der Waals surface area contributed by atoms with E-state index in [0.717, 1.165) is 22.2 Å². The number of carbonyl (C=O) groups is 1. The Bertz CT molecular complexity index is 855. The van der Waals surface area contributed by atoms with Gasteiger partial charge in [0.05, 0.1) is 17.8 Å². The van der Waals surface area contributed by atoms with E-state index >= 15 is 0 Å². The minimum atomic E-state index is -0.222. The SMILES string of the molecule is COc1ccc2[nH]c(C(=O)Nc3ccccc3Cl)c(C)c2c1. The normalized spacial score (nSPS) is 10.7. The summed E-state index contributed by atoms with van der Waals surface area (Å²) in [5.74, 6) is 0.536. The molecule has 3 rings (SSSR count). The second kappa shape index (κ2) is 5.73. The summed E-state index contributed by atoms with van der Waals surface area (Å²) in [5.41, 5.74) is 2.87. The number of hydrogen-bond acceptors (Lipinski definition) is 2. The Labute approximate surface area is 133 Å². The molecule has 1 heterocycles. The number of amides is 1. The van der Waals surface area contributed by atoms with Crippen LogP contribution in [0, 0.1) is 6.92 Å². The fraction of sp³-hybridized carbons (Fsp3) is 0.118. The standard InChI is InChI=1S/C17H15ClN2O2/c1-10-12-9-11(22-2)7-8-14(12)19-16(10)17(21)20-15-6-4-3-5-13(15)18/h3-9,19H,1-2H3,(H,20,21). The van der Waals surface area contributed by atoms with Gasteiger partial charge in [-0.1, -0.05) is 23.7 Å². The number of aromatic amines is 1. The van der Waals surface area contributed by atoms with Crippen molar-refractivity contribution >= 4 is 34.1 Å². The maximum Gasteiger partial charge on any atom is 0.272 e. The Morgan fingerprint density at radius 3 is 2.73 bits per heavy atom. The van der Waals surface area contributed by atoms with Crippen molar-refractivity contribution in [2.45, 2.75) is 6.92 Å². The van der Waals surface area contributed by atoms with E-state index in [4.69, 9.17) is 16.3 Å². The van der Waals surface area contributed by atoms with Crippen LogP contribution >= 0.6 is 11.6 Å². The van der Waals surface area contributed by atoms with Gasteiger partial charge in [0.25, 0.3) is 5.91 Å². The first-order valence-corrected chi connectivity index (χ1v) is 7.20. The zero-order chi connectivity index (χ0) is 15.7. The van der Waals surface area contributed by atoms with Crippen LogP contribution in [0.25, 0.3) is 10.9 Å². The summed E-state index contributed by atoms with van der Waals surface area (Å²) in [5, 5.41) is 4.29. The van der Waals surface area contributed by atoms with Crippen molar-refractivity contribution in [3.63, 3.8) is 0 Å². The summed E-state index contributed by atoms with van der Waals surface area (Å²) in [6, 6.07) is 12.8. The zero-order valence-electron chi connectivity index (χ0n) is 12.2. The summed E-state index contributed by atoms with van der Waals surface area (Å²) >= 11 is 6.07. The van der Waals surface area contributed by atoms with Crippen LogP contribution in [0.2, 0.25) is 5.02 Å². The maximum atomic E-state index is 12.5. The van der Waals surface area contributed by atoms with Gasteiger partial charge in [-0.05, 0) is 42.8 Å². The quantitative estimate of drug-likeness (QED) is 0.753. The lowest BCUT2D eigenvalue weighted by atomic mass is 10.1. The highest BCUT2D eigenvalue weighted by molar-refractivity contribution is 6.33. The smallest absolute Gasteiger partial charge is 0.272 e. The topological polar surface area (TPSA) is 54.1 Å². The zero-order valence-corrected chi connectivity index (χ0v) is 13.0. The molecule has 0 unspecified atom stereocenters. The molecule has 0 radical (unpaired) electrons. The molecule has 2 N–H and O–H groups in total. The Kier molecular flexibility index (Phi) is 3.77. The van der Waals surface area contributed by atoms with Crippen molar-refractivity contribution in [3.05, 3.63) is 58.7 Å². The Balaban J connectivity index is 1.97. The average Bonchev–Trinajstić information content (AvgIpc) is 2.86. The Morgan fingerprint density at radius 1 is 1.23 bits per heavy atom. The first kappa shape index (κ1) is 14.5. The van der Waals surface area contributed by atoms with Gasteiger partial charge >= 0.3 is 0 Å². The molecule has 5 heteroatoms. The summed E-state index contributed by atoms with van der Waals surface area (Å²) in [6.45, 7) is 1.90. The Morgan fingerprint density at radius 2 is 2.00 bits per heavy atom. The summed E-state index contributed by atoms with van der Waals surface area (Å²) in [4.78, 5) is 15.6. The van der Waals surface area contributed by atoms with E-state index in [1.165, 1.54) is 0 Å². The van der Waals surface area contributed by atoms with E-state index in [1.807, 2.05) is 37.3 Å². The fourth-order valence-electron chi connectivity index (χ4n) is 2.41. The van der Waals surface area contributed by atoms with E-state index < -0.39 is 0 Å². The van der Waals surface area contributed by atoms with E-state index in [0.29, 0.717) is 16.4 Å². The molecule has 0 saturated heterocycles. The second-order valence-electron chi connectivity index (χ2n) is 4.97. The molecular formula is C17H15ClN2O2. The molecule has 0 fully saturated rings. The lowest BCUT2D eigenvalue weighted by molar-refractivity contribution is 0.102. The highest BCUT2D eigenvalue weighted by atomic mass is 35.5. The van der Waals surface area contributed by atoms with Crippen molar-refractivity contribution in [2.75, 3.05) is 12.4 Å². The average molecular weight is 315 g/mol. The van der Waals surface area contributed by atoms with Crippen molar-refractivity contribution in [1.82, 2.24) is 4.98 Å². The van der Waals surface area contributed by atoms with Gasteiger partial charge in [-0.15, -0.1) is 0 Å². The molecule has 0 bridgehead atoms. The van der Waals surface area contributed by atoms with Gasteiger partial charge in [-0.2, -0.15) is 0 Å². The molecule has 0 atom stereocenters. The number of aromatic nitrogens is 1. The van der Waals surface area contributed by atoms with Gasteiger partial charge < -0.3 is 15.0 Å². The van der Waals surface area contributed by atoms with Crippen LogP contribution in [0.3, 0.4) is 0 Å². The number of ether oxygens (including phenoxy) is 1. The Hall–Kier alpha value is -2.46. The van der Waals surface area contributed by atoms with Crippen molar-refractivity contribution in [3.8, 4) is 5.75 Å². The van der Waals surface area contributed by atoms with E-state index in [-0.39, 0.29) is 5.91 Å². The van der Waals surface area contributed by atoms with Crippen LogP contribution in [0.5, 0.6) is 5.75 Å². The molecule has 4 nitrogen and oxygen atoms in total. The monoisotopic (exact) mass is 314 g/mol. The molecule has 2 aromatic carbocycles. The fourth-order valence-corrected chi connectivity index (χ4v) is 2.59. The van der Waals surface area contributed by atoms with Gasteiger partial charge in [0, 0.05) is 10.9 Å². The van der Waals surface area contributed by atoms with Crippen molar-refractivity contribution < 1.29 is 9.53 Å². The van der Waals surface area contributed by atoms with Crippen LogP contribution in [0.4, 0.5) is 5.69 Å². The first-order chi connectivity index (χ1) is 10.6. The molecule has 3 aromatic rings. The van der Waals surface area contributed by atoms with Gasteiger partial charge in [-0.25, -0.2) is 0 Å². The molecule has 0 aliphatic carbocycles. The minimum absolute atomic E-state index is 0.222. The number of benzene rings is 2. The molecule has 0 aliphatic rings. The van der Waals surface area contributed by atoms with E-state index in [1.54, 1.807) is 19.2 Å².